The number of aromatic amines is 1. The number of ketones is 1. The molecule has 1 aromatic heterocycles. The second-order valence-corrected chi connectivity index (χ2v) is 4.47. The number of aromatic nitrogens is 1. The summed E-state index contributed by atoms with van der Waals surface area (Å²) >= 11 is 0. The van der Waals surface area contributed by atoms with E-state index in [1.165, 1.54) is 13.1 Å². The Morgan fingerprint density at radius 1 is 1.22 bits per heavy atom. The monoisotopic (exact) mass is 243 g/mol. The van der Waals surface area contributed by atoms with Crippen LogP contribution in [0.4, 0.5) is 0 Å². The Hall–Kier alpha value is -1.90. The number of H-pyrrole nitrogens is 1. The van der Waals surface area contributed by atoms with Crippen LogP contribution >= 0.6 is 0 Å². The van der Waals surface area contributed by atoms with Crippen LogP contribution in [0.5, 0.6) is 0 Å². The molecule has 0 radical (unpaired) electrons. The topological polar surface area (TPSA) is 49.9 Å². The SMILES string of the molecule is CCc1cc(CC)c2[nH]cc(C(C)=O)c(=O)c2c1. The normalized spacial score (nSPS) is 10.8. The number of carbonyl (C=O) groups excluding carboxylic acids is 1. The van der Waals surface area contributed by atoms with Gasteiger partial charge in [-0.3, -0.25) is 9.59 Å². The van der Waals surface area contributed by atoms with E-state index in [4.69, 9.17) is 0 Å². The Morgan fingerprint density at radius 2 is 1.94 bits per heavy atom. The minimum absolute atomic E-state index is 0.166. The van der Waals surface area contributed by atoms with E-state index >= 15 is 0 Å². The standard InChI is InChI=1S/C15H17NO2/c1-4-10-6-11(5-2)14-12(7-10)15(18)13(8-16-14)9(3)17/h6-8H,4-5H2,1-3H3,(H,16,18). The molecule has 3 nitrogen and oxygen atoms in total. The molecule has 0 atom stereocenters. The van der Waals surface area contributed by atoms with E-state index < -0.39 is 0 Å². The zero-order chi connectivity index (χ0) is 13.3. The molecule has 0 aliphatic heterocycles. The van der Waals surface area contributed by atoms with Crippen LogP contribution < -0.4 is 5.43 Å². The highest BCUT2D eigenvalue weighted by Crippen LogP contribution is 2.18. The maximum absolute atomic E-state index is 12.3. The summed E-state index contributed by atoms with van der Waals surface area (Å²) in [6.07, 6.45) is 3.27. The summed E-state index contributed by atoms with van der Waals surface area (Å²) in [6.45, 7) is 5.54. The summed E-state index contributed by atoms with van der Waals surface area (Å²) in [4.78, 5) is 26.8. The highest BCUT2D eigenvalue weighted by molar-refractivity contribution is 5.97. The fourth-order valence-electron chi connectivity index (χ4n) is 2.22. The van der Waals surface area contributed by atoms with Gasteiger partial charge in [0, 0.05) is 11.6 Å². The van der Waals surface area contributed by atoms with Crippen molar-refractivity contribution in [1.29, 1.82) is 0 Å². The molecule has 2 aromatic rings. The minimum atomic E-state index is -0.196. The van der Waals surface area contributed by atoms with Crippen molar-refractivity contribution in [2.45, 2.75) is 33.6 Å². The molecular formula is C15H17NO2. The number of hydrogen-bond acceptors (Lipinski definition) is 2. The number of benzene rings is 1. The van der Waals surface area contributed by atoms with Gasteiger partial charge in [-0.25, -0.2) is 0 Å². The molecule has 3 heteroatoms. The fourth-order valence-corrected chi connectivity index (χ4v) is 2.22. The van der Waals surface area contributed by atoms with Gasteiger partial charge in [-0.05, 0) is 37.0 Å². The third-order valence-corrected chi connectivity index (χ3v) is 3.30. The average Bonchev–Trinajstić information content (AvgIpc) is 2.37. The van der Waals surface area contributed by atoms with Crippen molar-refractivity contribution in [3.05, 3.63) is 45.2 Å². The summed E-state index contributed by atoms with van der Waals surface area (Å²) in [5.41, 5.74) is 3.17. The predicted octanol–water partition coefficient (Wildman–Crippen LogP) is 2.86. The first-order valence-corrected chi connectivity index (χ1v) is 6.26. The highest BCUT2D eigenvalue weighted by Gasteiger charge is 2.11. The van der Waals surface area contributed by atoms with Crippen LogP contribution in [0.25, 0.3) is 10.9 Å². The average molecular weight is 243 g/mol. The fraction of sp³-hybridized carbons (Fsp3) is 0.333. The Kier molecular flexibility index (Phi) is 3.32. The van der Waals surface area contributed by atoms with Crippen molar-refractivity contribution in [3.63, 3.8) is 0 Å². The van der Waals surface area contributed by atoms with E-state index in [1.54, 1.807) is 0 Å². The van der Waals surface area contributed by atoms with Crippen LogP contribution in [0.2, 0.25) is 0 Å². The zero-order valence-corrected chi connectivity index (χ0v) is 11.0. The van der Waals surface area contributed by atoms with E-state index in [2.05, 4.69) is 24.9 Å². The van der Waals surface area contributed by atoms with Gasteiger partial charge in [0.15, 0.2) is 11.2 Å². The highest BCUT2D eigenvalue weighted by atomic mass is 16.1. The number of pyridine rings is 1. The third kappa shape index (κ3) is 1.96. The Balaban J connectivity index is 2.88. The number of aryl methyl sites for hydroxylation is 2. The van der Waals surface area contributed by atoms with Crippen LogP contribution in [0.15, 0.2) is 23.1 Å². The molecule has 0 saturated carbocycles. The smallest absolute Gasteiger partial charge is 0.200 e. The third-order valence-electron chi connectivity index (χ3n) is 3.30. The molecule has 0 amide bonds. The first-order chi connectivity index (χ1) is 8.58. The molecular weight excluding hydrogens is 226 g/mol. The molecule has 0 bridgehead atoms. The molecule has 0 spiro atoms. The van der Waals surface area contributed by atoms with Crippen LogP contribution in [0, 0.1) is 0 Å². The molecule has 0 aliphatic rings. The van der Waals surface area contributed by atoms with E-state index in [9.17, 15) is 9.59 Å². The number of hydrogen-bond donors (Lipinski definition) is 1. The van der Waals surface area contributed by atoms with Crippen molar-refractivity contribution >= 4 is 16.7 Å². The Bertz CT molecular complexity index is 668. The summed E-state index contributed by atoms with van der Waals surface area (Å²) in [7, 11) is 0. The number of rotatable bonds is 3. The molecule has 1 aromatic carbocycles. The number of fused-ring (bicyclic) bond motifs is 1. The number of carbonyl (C=O) groups is 1. The van der Waals surface area contributed by atoms with Gasteiger partial charge < -0.3 is 4.98 Å². The molecule has 2 rings (SSSR count). The van der Waals surface area contributed by atoms with Crippen LogP contribution in [0.3, 0.4) is 0 Å². The molecule has 18 heavy (non-hydrogen) atoms. The summed E-state index contributed by atoms with van der Waals surface area (Å²) in [5, 5.41) is 0.624. The van der Waals surface area contributed by atoms with Crippen molar-refractivity contribution in [1.82, 2.24) is 4.98 Å². The van der Waals surface area contributed by atoms with Crippen LogP contribution in [-0.2, 0) is 12.8 Å². The molecule has 0 aliphatic carbocycles. The van der Waals surface area contributed by atoms with Gasteiger partial charge in [0.1, 0.15) is 0 Å². The van der Waals surface area contributed by atoms with Gasteiger partial charge in [-0.1, -0.05) is 19.9 Å². The van der Waals surface area contributed by atoms with Crippen LogP contribution in [-0.4, -0.2) is 10.8 Å². The van der Waals surface area contributed by atoms with Gasteiger partial charge in [0.25, 0.3) is 0 Å². The maximum atomic E-state index is 12.3. The molecule has 0 saturated heterocycles. The lowest BCUT2D eigenvalue weighted by Crippen LogP contribution is -2.14. The van der Waals surface area contributed by atoms with Crippen molar-refractivity contribution in [3.8, 4) is 0 Å². The molecule has 94 valence electrons. The van der Waals surface area contributed by atoms with Gasteiger partial charge in [-0.2, -0.15) is 0 Å². The molecule has 0 fully saturated rings. The Labute approximate surface area is 106 Å². The summed E-state index contributed by atoms with van der Waals surface area (Å²) in [5.74, 6) is -0.196. The van der Waals surface area contributed by atoms with Gasteiger partial charge in [0.05, 0.1) is 11.1 Å². The molecule has 1 heterocycles. The van der Waals surface area contributed by atoms with E-state index in [1.807, 2.05) is 6.07 Å². The van der Waals surface area contributed by atoms with Crippen molar-refractivity contribution in [2.75, 3.05) is 0 Å². The quantitative estimate of drug-likeness (QED) is 0.843. The second-order valence-electron chi connectivity index (χ2n) is 4.47. The number of nitrogens with one attached hydrogen (secondary N) is 1. The van der Waals surface area contributed by atoms with Gasteiger partial charge >= 0.3 is 0 Å². The predicted molar refractivity (Wildman–Crippen MR) is 73.3 cm³/mol. The zero-order valence-electron chi connectivity index (χ0n) is 11.0. The number of Topliss-reactive ketones (excluding diaryl/α,β-unsaturated/α-hetero) is 1. The summed E-state index contributed by atoms with van der Waals surface area (Å²) < 4.78 is 0. The minimum Gasteiger partial charge on any atom is -0.360 e. The maximum Gasteiger partial charge on any atom is 0.200 e. The van der Waals surface area contributed by atoms with E-state index in [0.29, 0.717) is 5.39 Å². The largest absolute Gasteiger partial charge is 0.360 e. The lowest BCUT2D eigenvalue weighted by Gasteiger charge is -2.08. The van der Waals surface area contributed by atoms with E-state index in [-0.39, 0.29) is 16.8 Å². The lowest BCUT2D eigenvalue weighted by atomic mass is 10.00. The first kappa shape index (κ1) is 12.6. The van der Waals surface area contributed by atoms with E-state index in [0.717, 1.165) is 29.5 Å². The summed E-state index contributed by atoms with van der Waals surface area (Å²) in [6, 6.07) is 4.01. The Morgan fingerprint density at radius 3 is 2.50 bits per heavy atom. The first-order valence-electron chi connectivity index (χ1n) is 6.26. The van der Waals surface area contributed by atoms with Crippen molar-refractivity contribution in [2.24, 2.45) is 0 Å². The van der Waals surface area contributed by atoms with Crippen LogP contribution in [0.1, 0.15) is 42.3 Å². The van der Waals surface area contributed by atoms with Crippen molar-refractivity contribution < 1.29 is 4.79 Å². The van der Waals surface area contributed by atoms with Gasteiger partial charge in [-0.15, -0.1) is 0 Å². The second kappa shape index (κ2) is 4.77. The molecule has 1 N–H and O–H groups in total. The molecule has 0 unspecified atom stereocenters. The lowest BCUT2D eigenvalue weighted by molar-refractivity contribution is 0.101. The van der Waals surface area contributed by atoms with Gasteiger partial charge in [0.2, 0.25) is 0 Å².